The van der Waals surface area contributed by atoms with Crippen LogP contribution in [0.15, 0.2) is 46.9 Å². The van der Waals surface area contributed by atoms with Crippen molar-refractivity contribution in [3.63, 3.8) is 0 Å². The molecule has 2 aliphatic rings. The number of nitrogens with one attached hydrogen (secondary N) is 3. The molecule has 0 aliphatic carbocycles. The molecular weight excluding hydrogens is 476 g/mol. The molecule has 32 heavy (non-hydrogen) atoms. The van der Waals surface area contributed by atoms with Crippen molar-refractivity contribution in [2.75, 3.05) is 5.32 Å². The van der Waals surface area contributed by atoms with Gasteiger partial charge in [-0.25, -0.2) is 4.79 Å². The quantitative estimate of drug-likeness (QED) is 0.562. The number of carbonyl (C=O) groups excluding carboxylic acids is 4. The van der Waals surface area contributed by atoms with Crippen molar-refractivity contribution in [2.45, 2.75) is 44.8 Å². The Bertz CT molecular complexity index is 1130. The molecule has 0 bridgehead atoms. The molecule has 3 N–H and O–H groups in total. The second-order valence-electron chi connectivity index (χ2n) is 8.49. The van der Waals surface area contributed by atoms with Crippen LogP contribution in [0.5, 0.6) is 0 Å². The zero-order valence-corrected chi connectivity index (χ0v) is 19.3. The van der Waals surface area contributed by atoms with Gasteiger partial charge < -0.3 is 15.5 Å². The van der Waals surface area contributed by atoms with E-state index in [1.165, 1.54) is 4.90 Å². The Morgan fingerprint density at radius 2 is 1.94 bits per heavy atom. The van der Waals surface area contributed by atoms with E-state index in [0.29, 0.717) is 17.7 Å². The summed E-state index contributed by atoms with van der Waals surface area (Å²) in [5.74, 6) is -1.02. The fourth-order valence-corrected chi connectivity index (χ4v) is 4.45. The molecule has 0 saturated carbocycles. The van der Waals surface area contributed by atoms with E-state index in [1.54, 1.807) is 18.2 Å². The number of hydrogen-bond donors (Lipinski definition) is 3. The number of benzene rings is 2. The number of fused-ring (bicyclic) bond motifs is 1. The molecule has 1 saturated heterocycles. The van der Waals surface area contributed by atoms with Crippen LogP contribution in [-0.2, 0) is 21.7 Å². The maximum Gasteiger partial charge on any atom is 0.319 e. The van der Waals surface area contributed by atoms with E-state index in [0.717, 1.165) is 15.6 Å². The van der Waals surface area contributed by atoms with Gasteiger partial charge in [0.15, 0.2) is 0 Å². The fourth-order valence-electron chi connectivity index (χ4n) is 4.05. The van der Waals surface area contributed by atoms with Gasteiger partial charge in [0.1, 0.15) is 6.04 Å². The van der Waals surface area contributed by atoms with Crippen LogP contribution in [0.3, 0.4) is 0 Å². The molecule has 2 aliphatic heterocycles. The average molecular weight is 499 g/mol. The third kappa shape index (κ3) is 4.38. The minimum atomic E-state index is -0.668. The van der Waals surface area contributed by atoms with Gasteiger partial charge in [-0.05, 0) is 61.7 Å². The summed E-state index contributed by atoms with van der Waals surface area (Å²) in [5.41, 5.74) is 2.10. The number of urea groups is 1. The van der Waals surface area contributed by atoms with Crippen LogP contribution in [0.25, 0.3) is 0 Å². The van der Waals surface area contributed by atoms with E-state index < -0.39 is 17.5 Å². The van der Waals surface area contributed by atoms with Crippen molar-refractivity contribution in [1.29, 1.82) is 0 Å². The number of piperidine rings is 1. The van der Waals surface area contributed by atoms with Gasteiger partial charge in [-0.3, -0.25) is 19.7 Å². The number of hydrogen-bond acceptors (Lipinski definition) is 4. The lowest BCUT2D eigenvalue weighted by Gasteiger charge is -2.29. The van der Waals surface area contributed by atoms with Crippen molar-refractivity contribution in [3.05, 3.63) is 63.6 Å². The molecular formula is C23H23BrN4O4. The lowest BCUT2D eigenvalue weighted by atomic mass is 9.94. The zero-order chi connectivity index (χ0) is 23.0. The van der Waals surface area contributed by atoms with Gasteiger partial charge in [-0.15, -0.1) is 0 Å². The third-order valence-electron chi connectivity index (χ3n) is 5.75. The predicted octanol–water partition coefficient (Wildman–Crippen LogP) is 3.27. The van der Waals surface area contributed by atoms with Gasteiger partial charge >= 0.3 is 6.03 Å². The SMILES string of the molecule is CC(C)(NC(=O)Nc1ccc2c(c1)CN(C1CCC(=O)NC1=O)C2=O)c1cccc(Br)c1. The van der Waals surface area contributed by atoms with Crippen LogP contribution in [0.2, 0.25) is 0 Å². The van der Waals surface area contributed by atoms with Crippen molar-refractivity contribution in [3.8, 4) is 0 Å². The van der Waals surface area contributed by atoms with E-state index in [9.17, 15) is 19.2 Å². The number of nitrogens with zero attached hydrogens (tertiary/aromatic N) is 1. The molecule has 9 heteroatoms. The van der Waals surface area contributed by atoms with E-state index in [2.05, 4.69) is 31.9 Å². The zero-order valence-electron chi connectivity index (χ0n) is 17.7. The first-order valence-corrected chi connectivity index (χ1v) is 11.1. The van der Waals surface area contributed by atoms with Gasteiger partial charge in [0.05, 0.1) is 5.54 Å². The Balaban J connectivity index is 1.44. The molecule has 2 aromatic rings. The van der Waals surface area contributed by atoms with Crippen molar-refractivity contribution < 1.29 is 19.2 Å². The van der Waals surface area contributed by atoms with Gasteiger partial charge in [0, 0.05) is 28.7 Å². The van der Waals surface area contributed by atoms with E-state index in [4.69, 9.17) is 0 Å². The summed E-state index contributed by atoms with van der Waals surface area (Å²) in [4.78, 5) is 50.5. The lowest BCUT2D eigenvalue weighted by molar-refractivity contribution is -0.136. The number of rotatable bonds is 4. The predicted molar refractivity (Wildman–Crippen MR) is 122 cm³/mol. The van der Waals surface area contributed by atoms with Crippen LogP contribution in [-0.4, -0.2) is 34.7 Å². The van der Waals surface area contributed by atoms with E-state index in [1.807, 2.05) is 38.1 Å². The highest BCUT2D eigenvalue weighted by molar-refractivity contribution is 9.10. The molecule has 0 spiro atoms. The summed E-state index contributed by atoms with van der Waals surface area (Å²) in [5, 5.41) is 8.07. The van der Waals surface area contributed by atoms with Crippen LogP contribution < -0.4 is 16.0 Å². The average Bonchev–Trinajstić information content (AvgIpc) is 3.03. The molecule has 1 atom stereocenters. The Labute approximate surface area is 193 Å². The summed E-state index contributed by atoms with van der Waals surface area (Å²) < 4.78 is 0.925. The highest BCUT2D eigenvalue weighted by Gasteiger charge is 2.39. The highest BCUT2D eigenvalue weighted by Crippen LogP contribution is 2.30. The topological polar surface area (TPSA) is 108 Å². The normalized spacial score (nSPS) is 18.3. The number of carbonyl (C=O) groups is 4. The molecule has 2 aromatic carbocycles. The standard InChI is InChI=1S/C23H23BrN4O4/c1-23(2,14-4-3-5-15(24)11-14)27-22(32)25-16-6-7-17-13(10-16)12-28(21(17)31)18-8-9-19(29)26-20(18)30/h3-7,10-11,18H,8-9,12H2,1-2H3,(H2,25,27,32)(H,26,29,30). The van der Waals surface area contributed by atoms with Crippen LogP contribution in [0, 0.1) is 0 Å². The van der Waals surface area contributed by atoms with E-state index in [-0.39, 0.29) is 30.8 Å². The minimum absolute atomic E-state index is 0.206. The molecule has 8 nitrogen and oxygen atoms in total. The summed E-state index contributed by atoms with van der Waals surface area (Å²) in [6.45, 7) is 4.07. The van der Waals surface area contributed by atoms with Gasteiger partial charge in [-0.1, -0.05) is 28.1 Å². The highest BCUT2D eigenvalue weighted by atomic mass is 79.9. The molecule has 1 fully saturated rings. The second-order valence-corrected chi connectivity index (χ2v) is 9.40. The fraction of sp³-hybridized carbons (Fsp3) is 0.304. The van der Waals surface area contributed by atoms with Crippen molar-refractivity contribution >= 4 is 45.4 Å². The van der Waals surface area contributed by atoms with Gasteiger partial charge in [0.25, 0.3) is 5.91 Å². The lowest BCUT2D eigenvalue weighted by Crippen LogP contribution is -2.52. The van der Waals surface area contributed by atoms with Crippen molar-refractivity contribution in [2.24, 2.45) is 0 Å². The molecule has 5 amide bonds. The Hall–Kier alpha value is -3.20. The summed E-state index contributed by atoms with van der Waals surface area (Å²) in [7, 11) is 0. The monoisotopic (exact) mass is 498 g/mol. The molecule has 0 radical (unpaired) electrons. The number of halogens is 1. The second kappa shape index (κ2) is 8.38. The van der Waals surface area contributed by atoms with Gasteiger partial charge in [0.2, 0.25) is 11.8 Å². The summed E-state index contributed by atoms with van der Waals surface area (Å²) >= 11 is 3.45. The summed E-state index contributed by atoms with van der Waals surface area (Å²) in [6.07, 6.45) is 0.514. The van der Waals surface area contributed by atoms with Crippen LogP contribution >= 0.6 is 15.9 Å². The third-order valence-corrected chi connectivity index (χ3v) is 6.25. The van der Waals surface area contributed by atoms with Crippen molar-refractivity contribution in [1.82, 2.24) is 15.5 Å². The Morgan fingerprint density at radius 1 is 1.16 bits per heavy atom. The van der Waals surface area contributed by atoms with Crippen LogP contribution in [0.1, 0.15) is 48.2 Å². The van der Waals surface area contributed by atoms with Gasteiger partial charge in [-0.2, -0.15) is 0 Å². The first-order valence-electron chi connectivity index (χ1n) is 10.3. The molecule has 4 rings (SSSR count). The minimum Gasteiger partial charge on any atom is -0.329 e. The Kier molecular flexibility index (Phi) is 5.77. The maximum absolute atomic E-state index is 12.8. The summed E-state index contributed by atoms with van der Waals surface area (Å²) in [6, 6.07) is 11.7. The first-order chi connectivity index (χ1) is 15.1. The molecule has 166 valence electrons. The molecule has 1 unspecified atom stereocenters. The largest absolute Gasteiger partial charge is 0.329 e. The first kappa shape index (κ1) is 22.0. The number of amides is 5. The van der Waals surface area contributed by atoms with Crippen LogP contribution in [0.4, 0.5) is 10.5 Å². The molecule has 0 aromatic heterocycles. The van der Waals surface area contributed by atoms with E-state index >= 15 is 0 Å². The smallest absolute Gasteiger partial charge is 0.319 e. The molecule has 2 heterocycles. The maximum atomic E-state index is 12.8. The number of anilines is 1. The number of imide groups is 1. The Morgan fingerprint density at radius 3 is 2.66 bits per heavy atom.